The topological polar surface area (TPSA) is 43.3 Å². The molecule has 0 bridgehead atoms. The quantitative estimate of drug-likeness (QED) is 0.607. The number of benzene rings is 3. The second kappa shape index (κ2) is 6.80. The molecule has 150 valence electrons. The predicted octanol–water partition coefficient (Wildman–Crippen LogP) is 5.22. The maximum Gasteiger partial charge on any atom is 0.231 e. The lowest BCUT2D eigenvalue weighted by molar-refractivity contribution is -0.0190. The van der Waals surface area contributed by atoms with E-state index in [0.717, 1.165) is 46.9 Å². The predicted molar refractivity (Wildman–Crippen MR) is 114 cm³/mol. The summed E-state index contributed by atoms with van der Waals surface area (Å²) in [7, 11) is 0. The molecule has 0 spiro atoms. The molecule has 2 atom stereocenters. The van der Waals surface area contributed by atoms with Crippen LogP contribution in [0.25, 0.3) is 0 Å². The zero-order valence-corrected chi connectivity index (χ0v) is 16.7. The van der Waals surface area contributed by atoms with E-state index in [1.165, 1.54) is 11.1 Å². The van der Waals surface area contributed by atoms with Crippen LogP contribution in [0.1, 0.15) is 47.9 Å². The molecule has 0 aromatic heterocycles. The van der Waals surface area contributed by atoms with E-state index in [1.807, 2.05) is 18.2 Å². The summed E-state index contributed by atoms with van der Waals surface area (Å²) in [6, 6.07) is 23.1. The lowest BCUT2D eigenvalue weighted by atomic mass is 9.95. The Balaban J connectivity index is 1.41. The number of rotatable bonds is 3. The highest BCUT2D eigenvalue weighted by Crippen LogP contribution is 2.47. The van der Waals surface area contributed by atoms with Crippen LogP contribution in [-0.4, -0.2) is 17.5 Å². The molecule has 0 radical (unpaired) electrons. The average Bonchev–Trinajstić information content (AvgIpc) is 3.45. The Morgan fingerprint density at radius 2 is 1.77 bits per heavy atom. The van der Waals surface area contributed by atoms with Crippen LogP contribution in [0.4, 0.5) is 0 Å². The van der Waals surface area contributed by atoms with E-state index < -0.39 is 0 Å². The third-order valence-electron chi connectivity index (χ3n) is 6.08. The van der Waals surface area contributed by atoms with Crippen LogP contribution in [0.3, 0.4) is 0 Å². The van der Waals surface area contributed by atoms with Gasteiger partial charge in [-0.15, -0.1) is 0 Å². The minimum absolute atomic E-state index is 0.145. The van der Waals surface area contributed by atoms with E-state index in [-0.39, 0.29) is 19.1 Å². The SMILES string of the molecule is CCc1ccc([C@@H]2Oc3ccccc3[C@@H]3CC(c4ccc5c(c4)OCO5)=NN32)cc1. The van der Waals surface area contributed by atoms with Gasteiger partial charge in [-0.3, -0.25) is 0 Å². The van der Waals surface area contributed by atoms with E-state index in [9.17, 15) is 0 Å². The maximum absolute atomic E-state index is 6.44. The molecule has 0 amide bonds. The normalized spacial score (nSPS) is 21.0. The molecule has 5 nitrogen and oxygen atoms in total. The zero-order valence-electron chi connectivity index (χ0n) is 16.7. The van der Waals surface area contributed by atoms with E-state index in [2.05, 4.69) is 60.5 Å². The number of hydrogen-bond acceptors (Lipinski definition) is 5. The van der Waals surface area contributed by atoms with Crippen molar-refractivity contribution in [2.45, 2.75) is 32.0 Å². The van der Waals surface area contributed by atoms with Gasteiger partial charge < -0.3 is 14.2 Å². The van der Waals surface area contributed by atoms with Crippen LogP contribution < -0.4 is 14.2 Å². The van der Waals surface area contributed by atoms with Crippen molar-refractivity contribution in [3.63, 3.8) is 0 Å². The molecule has 3 aromatic rings. The molecule has 0 saturated heterocycles. The van der Waals surface area contributed by atoms with Gasteiger partial charge in [-0.05, 0) is 36.2 Å². The number of para-hydroxylation sites is 1. The highest BCUT2D eigenvalue weighted by Gasteiger charge is 2.41. The minimum Gasteiger partial charge on any atom is -0.464 e. The van der Waals surface area contributed by atoms with Crippen LogP contribution in [0, 0.1) is 0 Å². The Kier molecular flexibility index (Phi) is 3.94. The van der Waals surface area contributed by atoms with Gasteiger partial charge >= 0.3 is 0 Å². The third kappa shape index (κ3) is 2.73. The Labute approximate surface area is 175 Å². The van der Waals surface area contributed by atoms with E-state index in [1.54, 1.807) is 0 Å². The van der Waals surface area contributed by atoms with E-state index >= 15 is 0 Å². The largest absolute Gasteiger partial charge is 0.464 e. The minimum atomic E-state index is -0.248. The van der Waals surface area contributed by atoms with Crippen LogP contribution >= 0.6 is 0 Å². The molecule has 3 aliphatic rings. The number of hydrogen-bond donors (Lipinski definition) is 0. The summed E-state index contributed by atoms with van der Waals surface area (Å²) in [5.41, 5.74) is 5.71. The summed E-state index contributed by atoms with van der Waals surface area (Å²) >= 11 is 0. The van der Waals surface area contributed by atoms with Gasteiger partial charge in [0.25, 0.3) is 0 Å². The molecular weight excluding hydrogens is 376 g/mol. The summed E-state index contributed by atoms with van der Waals surface area (Å²) in [5, 5.41) is 7.15. The lowest BCUT2D eigenvalue weighted by Crippen LogP contribution is -2.33. The van der Waals surface area contributed by atoms with Gasteiger partial charge in [0.2, 0.25) is 13.0 Å². The molecule has 5 heteroatoms. The molecule has 0 unspecified atom stereocenters. The number of aryl methyl sites for hydroxylation is 1. The molecule has 0 fully saturated rings. The van der Waals surface area contributed by atoms with Crippen molar-refractivity contribution in [3.05, 3.63) is 89.0 Å². The van der Waals surface area contributed by atoms with Crippen LogP contribution in [0.5, 0.6) is 17.2 Å². The molecule has 30 heavy (non-hydrogen) atoms. The van der Waals surface area contributed by atoms with Crippen molar-refractivity contribution in [1.29, 1.82) is 0 Å². The Morgan fingerprint density at radius 1 is 0.933 bits per heavy atom. The van der Waals surface area contributed by atoms with Crippen molar-refractivity contribution >= 4 is 5.71 Å². The van der Waals surface area contributed by atoms with E-state index in [0.29, 0.717) is 0 Å². The van der Waals surface area contributed by atoms with Gasteiger partial charge in [0.15, 0.2) is 11.5 Å². The van der Waals surface area contributed by atoms with Gasteiger partial charge in [-0.25, -0.2) is 5.01 Å². The fourth-order valence-electron chi connectivity index (χ4n) is 4.42. The van der Waals surface area contributed by atoms with Crippen molar-refractivity contribution in [2.75, 3.05) is 6.79 Å². The molecule has 0 N–H and O–H groups in total. The first-order valence-corrected chi connectivity index (χ1v) is 10.4. The Hall–Kier alpha value is -3.47. The first-order valence-electron chi connectivity index (χ1n) is 10.4. The Bertz CT molecular complexity index is 1140. The van der Waals surface area contributed by atoms with Gasteiger partial charge in [0.05, 0.1) is 11.8 Å². The van der Waals surface area contributed by atoms with Crippen molar-refractivity contribution in [2.24, 2.45) is 5.10 Å². The molecule has 6 rings (SSSR count). The fourth-order valence-corrected chi connectivity index (χ4v) is 4.42. The number of ether oxygens (including phenoxy) is 3. The molecule has 0 saturated carbocycles. The van der Waals surface area contributed by atoms with Gasteiger partial charge in [0, 0.05) is 23.1 Å². The highest BCUT2D eigenvalue weighted by atomic mass is 16.7. The fraction of sp³-hybridized carbons (Fsp3) is 0.240. The summed E-state index contributed by atoms with van der Waals surface area (Å²) in [4.78, 5) is 0. The standard InChI is InChI=1S/C25H22N2O3/c1-2-16-7-9-17(10-8-16)25-27-21(19-5-3-4-6-22(19)30-25)14-20(26-27)18-11-12-23-24(13-18)29-15-28-23/h3-13,21,25H,2,14-15H2,1H3/t21-,25-/m0/s1. The summed E-state index contributed by atoms with van der Waals surface area (Å²) in [5.74, 6) is 2.51. The second-order valence-electron chi connectivity index (χ2n) is 7.82. The summed E-state index contributed by atoms with van der Waals surface area (Å²) in [6.45, 7) is 2.44. The van der Waals surface area contributed by atoms with Gasteiger partial charge in [-0.1, -0.05) is 49.4 Å². The van der Waals surface area contributed by atoms with Crippen LogP contribution in [0.15, 0.2) is 71.8 Å². The van der Waals surface area contributed by atoms with Crippen LogP contribution in [-0.2, 0) is 6.42 Å². The zero-order chi connectivity index (χ0) is 20.1. The van der Waals surface area contributed by atoms with Crippen LogP contribution in [0.2, 0.25) is 0 Å². The smallest absolute Gasteiger partial charge is 0.231 e. The Morgan fingerprint density at radius 3 is 2.63 bits per heavy atom. The molecule has 3 aliphatic heterocycles. The molecule has 0 aliphatic carbocycles. The lowest BCUT2D eigenvalue weighted by Gasteiger charge is -2.38. The van der Waals surface area contributed by atoms with Crippen molar-refractivity contribution in [1.82, 2.24) is 5.01 Å². The van der Waals surface area contributed by atoms with Gasteiger partial charge in [-0.2, -0.15) is 5.10 Å². The summed E-state index contributed by atoms with van der Waals surface area (Å²) in [6.07, 6.45) is 1.60. The van der Waals surface area contributed by atoms with Crippen molar-refractivity contribution in [3.8, 4) is 17.2 Å². The van der Waals surface area contributed by atoms with E-state index in [4.69, 9.17) is 19.3 Å². The highest BCUT2D eigenvalue weighted by molar-refractivity contribution is 6.02. The average molecular weight is 398 g/mol. The van der Waals surface area contributed by atoms with Gasteiger partial charge in [0.1, 0.15) is 5.75 Å². The maximum atomic E-state index is 6.44. The second-order valence-corrected chi connectivity index (χ2v) is 7.82. The first-order chi connectivity index (χ1) is 14.8. The monoisotopic (exact) mass is 398 g/mol. The number of fused-ring (bicyclic) bond motifs is 4. The first kappa shape index (κ1) is 17.4. The van der Waals surface area contributed by atoms with Crippen molar-refractivity contribution < 1.29 is 14.2 Å². The number of hydrazone groups is 1. The third-order valence-corrected chi connectivity index (χ3v) is 6.08. The summed E-state index contributed by atoms with van der Waals surface area (Å²) < 4.78 is 17.5. The number of nitrogens with zero attached hydrogens (tertiary/aromatic N) is 2. The molecule has 3 aromatic carbocycles. The molecule has 3 heterocycles. The molecular formula is C25H22N2O3.